The fourth-order valence-corrected chi connectivity index (χ4v) is 13.1. The second-order valence-corrected chi connectivity index (χ2v) is 13.6. The summed E-state index contributed by atoms with van der Waals surface area (Å²) in [4.78, 5) is 0. The van der Waals surface area contributed by atoms with E-state index in [1.807, 2.05) is 0 Å². The standard InChI is InChI=1S/C27H33Si2.K/c1-16-10-19(4)25(20(5)11-16)28-29(26-21(6)12-17(2)13-22(26)7)27-23(8)14-18(3)15-24(27)9;/h10-15H,1-9H3;/q-1;+1. The Hall–Kier alpha value is -0.270. The van der Waals surface area contributed by atoms with Crippen molar-refractivity contribution in [2.24, 2.45) is 0 Å². The predicted molar refractivity (Wildman–Crippen MR) is 132 cm³/mol. The van der Waals surface area contributed by atoms with Crippen molar-refractivity contribution in [3.05, 3.63) is 86.5 Å². The molecule has 150 valence electrons. The molecule has 0 N–H and O–H groups in total. The fourth-order valence-electron chi connectivity index (χ4n) is 4.90. The van der Waals surface area contributed by atoms with Crippen LogP contribution in [0.15, 0.2) is 36.4 Å². The molecule has 0 radical (unpaired) electrons. The normalized spacial score (nSPS) is 10.6. The largest absolute Gasteiger partial charge is 1.00 e. The van der Waals surface area contributed by atoms with Crippen LogP contribution in [0.1, 0.15) is 50.1 Å². The zero-order chi connectivity index (χ0) is 21.5. The van der Waals surface area contributed by atoms with Crippen LogP contribution in [0.25, 0.3) is 0 Å². The average Bonchev–Trinajstić information content (AvgIpc) is 2.55. The Morgan fingerprint density at radius 1 is 0.467 bits per heavy atom. The van der Waals surface area contributed by atoms with Crippen LogP contribution in [0.4, 0.5) is 0 Å². The van der Waals surface area contributed by atoms with Crippen molar-refractivity contribution in [1.82, 2.24) is 0 Å². The van der Waals surface area contributed by atoms with E-state index in [1.54, 1.807) is 15.6 Å². The summed E-state index contributed by atoms with van der Waals surface area (Å²) in [5.41, 5.74) is 12.9. The summed E-state index contributed by atoms with van der Waals surface area (Å²) in [5.74, 6) is 0. The molecule has 0 spiro atoms. The van der Waals surface area contributed by atoms with E-state index in [1.165, 1.54) is 50.1 Å². The maximum atomic E-state index is 2.38. The van der Waals surface area contributed by atoms with Crippen LogP contribution >= 0.6 is 0 Å². The smallest absolute Gasteiger partial charge is 0.408 e. The topological polar surface area (TPSA) is 0 Å². The number of aryl methyl sites for hydroxylation is 9. The van der Waals surface area contributed by atoms with E-state index in [-0.39, 0.29) is 51.4 Å². The third kappa shape index (κ3) is 5.55. The minimum Gasteiger partial charge on any atom is -0.408 e. The molecule has 0 amide bonds. The van der Waals surface area contributed by atoms with E-state index < -0.39 is 7.89 Å². The summed E-state index contributed by atoms with van der Waals surface area (Å²) in [6, 6.07) is 14.2. The predicted octanol–water partition coefficient (Wildman–Crippen LogP) is 1.60. The Bertz CT molecular complexity index is 1010. The summed E-state index contributed by atoms with van der Waals surface area (Å²) in [6.07, 6.45) is 0. The first-order valence-electron chi connectivity index (χ1n) is 10.5. The molecule has 0 nitrogen and oxygen atoms in total. The Kier molecular flexibility index (Phi) is 9.15. The molecule has 0 aliphatic heterocycles. The van der Waals surface area contributed by atoms with E-state index in [2.05, 4.69) is 98.7 Å². The molecular formula is C27H33KSi2. The van der Waals surface area contributed by atoms with E-state index in [0.717, 1.165) is 8.61 Å². The fraction of sp³-hybridized carbons (Fsp3) is 0.333. The third-order valence-electron chi connectivity index (χ3n) is 5.78. The van der Waals surface area contributed by atoms with Crippen molar-refractivity contribution in [2.75, 3.05) is 0 Å². The van der Waals surface area contributed by atoms with Crippen molar-refractivity contribution in [2.45, 2.75) is 62.3 Å². The van der Waals surface area contributed by atoms with Crippen molar-refractivity contribution >= 4 is 32.1 Å². The first-order chi connectivity index (χ1) is 13.6. The zero-order valence-corrected chi connectivity index (χ0v) is 25.6. The maximum Gasteiger partial charge on any atom is 1.00 e. The van der Waals surface area contributed by atoms with Gasteiger partial charge in [-0.05, 0) is 62.3 Å². The van der Waals surface area contributed by atoms with Gasteiger partial charge in [-0.25, -0.2) is 5.19 Å². The van der Waals surface area contributed by atoms with Crippen LogP contribution in [0.5, 0.6) is 0 Å². The van der Waals surface area contributed by atoms with Crippen LogP contribution in [-0.4, -0.2) is 16.5 Å². The van der Waals surface area contributed by atoms with Gasteiger partial charge in [-0.3, -0.25) is 0 Å². The van der Waals surface area contributed by atoms with Gasteiger partial charge in [-0.15, -0.1) is 7.89 Å². The Morgan fingerprint density at radius 3 is 1.03 bits per heavy atom. The number of hydrogen-bond donors (Lipinski definition) is 0. The Balaban J connectivity index is 0.00000320. The van der Waals surface area contributed by atoms with Gasteiger partial charge in [0.25, 0.3) is 0 Å². The molecule has 3 rings (SSSR count). The van der Waals surface area contributed by atoms with E-state index in [0.29, 0.717) is 0 Å². The van der Waals surface area contributed by atoms with Gasteiger partial charge < -0.3 is 8.61 Å². The van der Waals surface area contributed by atoms with Crippen LogP contribution < -0.4 is 66.9 Å². The molecule has 0 fully saturated rings. The van der Waals surface area contributed by atoms with Crippen LogP contribution in [0.3, 0.4) is 0 Å². The molecule has 30 heavy (non-hydrogen) atoms. The minimum atomic E-state index is -0.935. The second kappa shape index (κ2) is 10.6. The van der Waals surface area contributed by atoms with E-state index in [4.69, 9.17) is 0 Å². The quantitative estimate of drug-likeness (QED) is 0.530. The summed E-state index contributed by atoms with van der Waals surface area (Å²) < 4.78 is 0. The Labute approximate surface area is 229 Å². The van der Waals surface area contributed by atoms with Gasteiger partial charge in [0.1, 0.15) is 0 Å². The molecule has 3 aromatic rings. The summed E-state index contributed by atoms with van der Waals surface area (Å²) in [7, 11) is -0.109. The second-order valence-electron chi connectivity index (χ2n) is 8.82. The van der Waals surface area contributed by atoms with Gasteiger partial charge in [0, 0.05) is 0 Å². The molecule has 0 aliphatic rings. The van der Waals surface area contributed by atoms with Crippen LogP contribution in [-0.2, 0) is 0 Å². The van der Waals surface area contributed by atoms with Crippen LogP contribution in [0, 0.1) is 62.3 Å². The molecular weight excluding hydrogens is 420 g/mol. The third-order valence-corrected chi connectivity index (χ3v) is 12.6. The van der Waals surface area contributed by atoms with E-state index >= 15 is 0 Å². The first kappa shape index (κ1) is 26.0. The molecule has 0 aliphatic carbocycles. The van der Waals surface area contributed by atoms with Crippen LogP contribution in [0.2, 0.25) is 0 Å². The van der Waals surface area contributed by atoms with Crippen molar-refractivity contribution in [3.8, 4) is 0 Å². The summed E-state index contributed by atoms with van der Waals surface area (Å²) >= 11 is 0. The zero-order valence-electron chi connectivity index (χ0n) is 20.5. The molecule has 0 saturated carbocycles. The number of rotatable bonds is 3. The first-order valence-corrected chi connectivity index (χ1v) is 14.0. The number of benzene rings is 3. The average molecular weight is 453 g/mol. The molecule has 3 aromatic carbocycles. The molecule has 3 heteroatoms. The molecule has 0 aromatic heterocycles. The summed E-state index contributed by atoms with van der Waals surface area (Å²) in [5, 5.41) is 4.81. The maximum absolute atomic E-state index is 2.38. The molecule has 0 atom stereocenters. The van der Waals surface area contributed by atoms with Gasteiger partial charge in [-0.2, -0.15) is 0 Å². The van der Waals surface area contributed by atoms with Gasteiger partial charge in [0.15, 0.2) is 0 Å². The van der Waals surface area contributed by atoms with E-state index in [9.17, 15) is 0 Å². The molecule has 0 heterocycles. The van der Waals surface area contributed by atoms with Crippen molar-refractivity contribution < 1.29 is 51.4 Å². The van der Waals surface area contributed by atoms with Gasteiger partial charge >= 0.3 is 51.4 Å². The minimum absolute atomic E-state index is 0. The molecule has 0 unspecified atom stereocenters. The Morgan fingerprint density at radius 2 is 0.733 bits per heavy atom. The van der Waals surface area contributed by atoms with Crippen molar-refractivity contribution in [1.29, 1.82) is 0 Å². The monoisotopic (exact) mass is 452 g/mol. The van der Waals surface area contributed by atoms with Gasteiger partial charge in [-0.1, -0.05) is 96.8 Å². The molecule has 0 bridgehead atoms. The van der Waals surface area contributed by atoms with Gasteiger partial charge in [0.05, 0.1) is 0 Å². The van der Waals surface area contributed by atoms with Gasteiger partial charge in [0.2, 0.25) is 0 Å². The SMILES string of the molecule is Cc1cc(C)c([Si-]=[Si](c2c(C)cc(C)cc2C)c2c(C)cc(C)cc2C)c(C)c1.[K+]. The molecule has 0 saturated heterocycles. The number of hydrogen-bond acceptors (Lipinski definition) is 0. The van der Waals surface area contributed by atoms with Crippen molar-refractivity contribution in [3.63, 3.8) is 0 Å². The summed E-state index contributed by atoms with van der Waals surface area (Å²) in [6.45, 7) is 20.5.